The van der Waals surface area contributed by atoms with E-state index >= 15 is 0 Å². The van der Waals surface area contributed by atoms with Gasteiger partial charge in [-0.05, 0) is 66.2 Å². The third-order valence-electron chi connectivity index (χ3n) is 4.86. The first-order valence-electron chi connectivity index (χ1n) is 9.87. The fourth-order valence-electron chi connectivity index (χ4n) is 3.28. The highest BCUT2D eigenvalue weighted by atomic mass is 79.9. The number of hydrogen-bond donors (Lipinski definition) is 0. The number of thioether (sulfide) groups is 1. The van der Waals surface area contributed by atoms with Gasteiger partial charge >= 0.3 is 0 Å². The fraction of sp³-hybridized carbons (Fsp3) is 0.120. The summed E-state index contributed by atoms with van der Waals surface area (Å²) in [7, 11) is 0. The van der Waals surface area contributed by atoms with Gasteiger partial charge in [0.05, 0.1) is 11.4 Å². The first kappa shape index (κ1) is 22.8. The number of nitrogens with zero attached hydrogens (tertiary/aromatic N) is 1. The maximum absolute atomic E-state index is 13.0. The molecule has 0 N–H and O–H groups in total. The molecule has 32 heavy (non-hydrogen) atoms. The molecule has 0 aromatic heterocycles. The van der Waals surface area contributed by atoms with Crippen molar-refractivity contribution in [3.63, 3.8) is 0 Å². The van der Waals surface area contributed by atoms with Crippen molar-refractivity contribution in [1.29, 1.82) is 0 Å². The molecule has 1 heterocycles. The molecule has 0 spiro atoms. The van der Waals surface area contributed by atoms with Crippen molar-refractivity contribution in [1.82, 2.24) is 4.90 Å². The number of halogens is 2. The Morgan fingerprint density at radius 2 is 1.69 bits per heavy atom. The summed E-state index contributed by atoms with van der Waals surface area (Å²) >= 11 is 7.83. The predicted octanol–water partition coefficient (Wildman–Crippen LogP) is 7.34. The SMILES string of the molecule is Cc1cccc(COc2ccc(Br)cc2/C=C2\SC(=O)N(Cc3ccc(Br)cc3)C2=O)c1. The van der Waals surface area contributed by atoms with Crippen LogP contribution in [0.3, 0.4) is 0 Å². The van der Waals surface area contributed by atoms with Gasteiger partial charge in [0.15, 0.2) is 0 Å². The average Bonchev–Trinajstić information content (AvgIpc) is 3.02. The lowest BCUT2D eigenvalue weighted by Gasteiger charge is -2.13. The van der Waals surface area contributed by atoms with E-state index in [9.17, 15) is 9.59 Å². The number of imide groups is 1. The summed E-state index contributed by atoms with van der Waals surface area (Å²) in [5.74, 6) is 0.349. The molecule has 3 aromatic rings. The smallest absolute Gasteiger partial charge is 0.293 e. The lowest BCUT2D eigenvalue weighted by Crippen LogP contribution is -2.27. The zero-order valence-electron chi connectivity index (χ0n) is 17.2. The minimum absolute atomic E-state index is 0.241. The molecular formula is C25H19Br2NO3S. The highest BCUT2D eigenvalue weighted by Gasteiger charge is 2.35. The molecule has 7 heteroatoms. The molecule has 0 bridgehead atoms. The third kappa shape index (κ3) is 5.52. The molecule has 1 aliphatic heterocycles. The number of aryl methyl sites for hydroxylation is 1. The van der Waals surface area contributed by atoms with Crippen molar-refractivity contribution in [3.8, 4) is 5.75 Å². The van der Waals surface area contributed by atoms with Crippen LogP contribution in [0.1, 0.15) is 22.3 Å². The summed E-state index contributed by atoms with van der Waals surface area (Å²) in [6.07, 6.45) is 1.73. The molecule has 4 rings (SSSR count). The second-order valence-corrected chi connectivity index (χ2v) is 10.2. The fourth-order valence-corrected chi connectivity index (χ4v) is 4.75. The highest BCUT2D eigenvalue weighted by Crippen LogP contribution is 2.36. The molecule has 3 aromatic carbocycles. The molecule has 0 radical (unpaired) electrons. The lowest BCUT2D eigenvalue weighted by molar-refractivity contribution is -0.123. The second-order valence-electron chi connectivity index (χ2n) is 7.35. The van der Waals surface area contributed by atoms with E-state index in [0.29, 0.717) is 17.3 Å². The Hall–Kier alpha value is -2.35. The standard InChI is InChI=1S/C25H19Br2NO3S/c1-16-3-2-4-18(11-16)15-31-22-10-9-21(27)12-19(22)13-23-24(29)28(25(30)32-23)14-17-5-7-20(26)8-6-17/h2-13H,14-15H2,1H3/b23-13-. The van der Waals surface area contributed by atoms with Gasteiger partial charge in [0, 0.05) is 14.5 Å². The molecule has 0 atom stereocenters. The summed E-state index contributed by atoms with van der Waals surface area (Å²) in [5.41, 5.74) is 3.86. The van der Waals surface area contributed by atoms with E-state index in [4.69, 9.17) is 4.74 Å². The number of carbonyl (C=O) groups is 2. The molecule has 1 aliphatic rings. The molecule has 4 nitrogen and oxygen atoms in total. The van der Waals surface area contributed by atoms with E-state index in [-0.39, 0.29) is 17.7 Å². The van der Waals surface area contributed by atoms with Crippen molar-refractivity contribution in [2.75, 3.05) is 0 Å². The second kappa shape index (κ2) is 10.1. The molecule has 162 valence electrons. The van der Waals surface area contributed by atoms with Gasteiger partial charge in [0.25, 0.3) is 11.1 Å². The van der Waals surface area contributed by atoms with Gasteiger partial charge in [0.1, 0.15) is 12.4 Å². The topological polar surface area (TPSA) is 46.6 Å². The Labute approximate surface area is 207 Å². The Balaban J connectivity index is 1.55. The summed E-state index contributed by atoms with van der Waals surface area (Å²) < 4.78 is 7.86. The van der Waals surface area contributed by atoms with E-state index in [1.165, 1.54) is 10.5 Å². The Bertz CT molecular complexity index is 1210. The van der Waals surface area contributed by atoms with Crippen LogP contribution in [-0.4, -0.2) is 16.0 Å². The van der Waals surface area contributed by atoms with Crippen molar-refractivity contribution in [2.45, 2.75) is 20.1 Å². The summed E-state index contributed by atoms with van der Waals surface area (Å²) in [4.78, 5) is 27.1. The van der Waals surface area contributed by atoms with Gasteiger partial charge < -0.3 is 4.74 Å². The maximum atomic E-state index is 13.0. The monoisotopic (exact) mass is 571 g/mol. The van der Waals surface area contributed by atoms with E-state index in [1.54, 1.807) is 6.08 Å². The van der Waals surface area contributed by atoms with E-state index in [2.05, 4.69) is 37.9 Å². The van der Waals surface area contributed by atoms with Crippen molar-refractivity contribution >= 4 is 60.8 Å². The highest BCUT2D eigenvalue weighted by molar-refractivity contribution is 9.10. The minimum Gasteiger partial charge on any atom is -0.488 e. The first-order valence-corrected chi connectivity index (χ1v) is 12.3. The van der Waals surface area contributed by atoms with Crippen LogP contribution in [0.5, 0.6) is 5.75 Å². The zero-order chi connectivity index (χ0) is 22.7. The Morgan fingerprint density at radius 1 is 0.938 bits per heavy atom. The van der Waals surface area contributed by atoms with Crippen molar-refractivity contribution < 1.29 is 14.3 Å². The van der Waals surface area contributed by atoms with E-state index in [0.717, 1.165) is 37.4 Å². The number of hydrogen-bond acceptors (Lipinski definition) is 4. The molecule has 1 saturated heterocycles. The largest absolute Gasteiger partial charge is 0.488 e. The molecule has 1 fully saturated rings. The van der Waals surface area contributed by atoms with Gasteiger partial charge in [-0.3, -0.25) is 14.5 Å². The van der Waals surface area contributed by atoms with Gasteiger partial charge in [-0.2, -0.15) is 0 Å². The average molecular weight is 573 g/mol. The number of rotatable bonds is 6. The molecule has 0 aliphatic carbocycles. The summed E-state index contributed by atoms with van der Waals surface area (Å²) in [6, 6.07) is 21.3. The molecule has 0 unspecified atom stereocenters. The number of ether oxygens (including phenoxy) is 1. The number of benzene rings is 3. The molecule has 2 amide bonds. The third-order valence-corrected chi connectivity index (χ3v) is 6.79. The van der Waals surface area contributed by atoms with Crippen LogP contribution in [0, 0.1) is 6.92 Å². The van der Waals surface area contributed by atoms with Crippen LogP contribution in [0.2, 0.25) is 0 Å². The summed E-state index contributed by atoms with van der Waals surface area (Å²) in [6.45, 7) is 2.69. The van der Waals surface area contributed by atoms with Crippen LogP contribution in [0.25, 0.3) is 6.08 Å². The van der Waals surface area contributed by atoms with Crippen LogP contribution in [0.4, 0.5) is 4.79 Å². The number of amides is 2. The van der Waals surface area contributed by atoms with Crippen LogP contribution < -0.4 is 4.74 Å². The zero-order valence-corrected chi connectivity index (χ0v) is 21.2. The lowest BCUT2D eigenvalue weighted by atomic mass is 10.1. The van der Waals surface area contributed by atoms with Gasteiger partial charge in [-0.1, -0.05) is 73.8 Å². The van der Waals surface area contributed by atoms with Crippen LogP contribution >= 0.6 is 43.6 Å². The van der Waals surface area contributed by atoms with Gasteiger partial charge in [0.2, 0.25) is 0 Å². The molecular weight excluding hydrogens is 554 g/mol. The van der Waals surface area contributed by atoms with Gasteiger partial charge in [-0.15, -0.1) is 0 Å². The van der Waals surface area contributed by atoms with Gasteiger partial charge in [-0.25, -0.2) is 0 Å². The van der Waals surface area contributed by atoms with E-state index in [1.807, 2.05) is 67.6 Å². The summed E-state index contributed by atoms with van der Waals surface area (Å²) in [5, 5.41) is -0.276. The Kier molecular flexibility index (Phi) is 7.18. The normalized spacial score (nSPS) is 15.0. The van der Waals surface area contributed by atoms with E-state index < -0.39 is 0 Å². The van der Waals surface area contributed by atoms with Crippen LogP contribution in [-0.2, 0) is 17.9 Å². The quantitative estimate of drug-likeness (QED) is 0.290. The van der Waals surface area contributed by atoms with Crippen LogP contribution in [0.15, 0.2) is 80.6 Å². The maximum Gasteiger partial charge on any atom is 0.293 e. The Morgan fingerprint density at radius 3 is 2.44 bits per heavy atom. The number of carbonyl (C=O) groups excluding carboxylic acids is 2. The predicted molar refractivity (Wildman–Crippen MR) is 135 cm³/mol. The first-order chi connectivity index (χ1) is 15.4. The van der Waals surface area contributed by atoms with Crippen molar-refractivity contribution in [3.05, 3.63) is 103 Å². The minimum atomic E-state index is -0.299. The molecule has 0 saturated carbocycles. The van der Waals surface area contributed by atoms with Crippen molar-refractivity contribution in [2.24, 2.45) is 0 Å².